The van der Waals surface area contributed by atoms with Crippen molar-refractivity contribution < 1.29 is 58.6 Å². The van der Waals surface area contributed by atoms with E-state index >= 15 is 0 Å². The van der Waals surface area contributed by atoms with Crippen molar-refractivity contribution in [2.75, 3.05) is 6.61 Å². The Morgan fingerprint density at radius 2 is 1.70 bits per heavy atom. The Balaban J connectivity index is 1.56. The van der Waals surface area contributed by atoms with Crippen LogP contribution in [0, 0.1) is 40.4 Å². The molecule has 0 bridgehead atoms. The molecule has 3 aliphatic carbocycles. The van der Waals surface area contributed by atoms with Gasteiger partial charge in [0.15, 0.2) is 24.0 Å². The second kappa shape index (κ2) is 10.1. The zero-order valence-electron chi connectivity index (χ0n) is 23.4. The molecular formula is C28H40O12. The lowest BCUT2D eigenvalue weighted by atomic mass is 9.37. The van der Waals surface area contributed by atoms with Crippen molar-refractivity contribution in [3.63, 3.8) is 0 Å². The first-order valence-electron chi connectivity index (χ1n) is 14.1. The second-order valence-corrected chi connectivity index (χ2v) is 12.9. The van der Waals surface area contributed by atoms with E-state index in [0.717, 1.165) is 0 Å². The SMILES string of the molecule is CC(=O)OC1C(=O)C(C)C2CC(=O)OC3CC4C(C)CC(OC5OC(CO)C(O)C(O)C5O)C(=O)C4(C)C1C32C. The van der Waals surface area contributed by atoms with Gasteiger partial charge in [-0.25, -0.2) is 0 Å². The number of fused-ring (bicyclic) bond motifs is 2. The highest BCUT2D eigenvalue weighted by Gasteiger charge is 2.74. The Hall–Kier alpha value is -1.96. The molecule has 0 radical (unpaired) electrons. The number of ketones is 2. The van der Waals surface area contributed by atoms with Crippen molar-refractivity contribution in [1.82, 2.24) is 0 Å². The maximum atomic E-state index is 14.5. The molecule has 0 spiro atoms. The van der Waals surface area contributed by atoms with E-state index in [1.807, 2.05) is 13.8 Å². The van der Waals surface area contributed by atoms with Crippen LogP contribution in [0.25, 0.3) is 0 Å². The van der Waals surface area contributed by atoms with Crippen LogP contribution in [0.5, 0.6) is 0 Å². The molecule has 0 aromatic rings. The molecule has 2 heterocycles. The highest BCUT2D eigenvalue weighted by molar-refractivity contribution is 5.95. The van der Waals surface area contributed by atoms with Crippen LogP contribution < -0.4 is 0 Å². The molecule has 5 rings (SSSR count). The van der Waals surface area contributed by atoms with Crippen LogP contribution in [-0.4, -0.2) is 99.6 Å². The highest BCUT2D eigenvalue weighted by Crippen LogP contribution is 2.68. The Labute approximate surface area is 232 Å². The van der Waals surface area contributed by atoms with Crippen LogP contribution in [0.4, 0.5) is 0 Å². The molecule has 2 aliphatic heterocycles. The molecule has 4 N–H and O–H groups in total. The molecule has 12 heteroatoms. The van der Waals surface area contributed by atoms with E-state index < -0.39 is 90.2 Å². The molecule has 15 unspecified atom stereocenters. The molecule has 15 atom stereocenters. The zero-order chi connectivity index (χ0) is 29.5. The standard InChI is InChI=1S/C28H40O12/c1-10-6-15(38-26-22(35)21(34)20(33)16(9-29)39-26)25(36)28(5)13(10)7-17-27(4)14(8-18(31)40-17)11(2)19(32)23(24(27)28)37-12(3)30/h10-11,13-17,20-24,26,29,33-35H,6-9H2,1-5H3. The summed E-state index contributed by atoms with van der Waals surface area (Å²) in [5.74, 6) is -4.12. The Bertz CT molecular complexity index is 1080. The minimum Gasteiger partial charge on any atom is -0.462 e. The normalized spacial score (nSPS) is 52.3. The number of aliphatic hydroxyl groups is 4. The third kappa shape index (κ3) is 4.09. The van der Waals surface area contributed by atoms with Gasteiger partial charge in [0.25, 0.3) is 0 Å². The lowest BCUT2D eigenvalue weighted by Crippen LogP contribution is -2.74. The van der Waals surface area contributed by atoms with Gasteiger partial charge in [-0.15, -0.1) is 0 Å². The van der Waals surface area contributed by atoms with Gasteiger partial charge < -0.3 is 39.4 Å². The van der Waals surface area contributed by atoms with E-state index in [9.17, 15) is 39.6 Å². The monoisotopic (exact) mass is 568 g/mol. The third-order valence-electron chi connectivity index (χ3n) is 10.9. The fourth-order valence-electron chi connectivity index (χ4n) is 8.91. The number of ether oxygens (including phenoxy) is 4. The van der Waals surface area contributed by atoms with Gasteiger partial charge in [0.1, 0.15) is 36.6 Å². The zero-order valence-corrected chi connectivity index (χ0v) is 23.4. The van der Waals surface area contributed by atoms with Crippen LogP contribution in [0.3, 0.4) is 0 Å². The first-order chi connectivity index (χ1) is 18.7. The predicted molar refractivity (Wildman–Crippen MR) is 133 cm³/mol. The lowest BCUT2D eigenvalue weighted by molar-refractivity contribution is -0.315. The maximum Gasteiger partial charge on any atom is 0.306 e. The number of carbonyl (C=O) groups excluding carboxylic acids is 4. The Morgan fingerprint density at radius 3 is 2.33 bits per heavy atom. The van der Waals surface area contributed by atoms with Gasteiger partial charge in [0.2, 0.25) is 0 Å². The van der Waals surface area contributed by atoms with E-state index in [1.54, 1.807) is 13.8 Å². The average molecular weight is 569 g/mol. The maximum absolute atomic E-state index is 14.5. The number of hydrogen-bond acceptors (Lipinski definition) is 12. The van der Waals surface area contributed by atoms with Crippen LogP contribution in [0.2, 0.25) is 0 Å². The highest BCUT2D eigenvalue weighted by atomic mass is 16.7. The van der Waals surface area contributed by atoms with Gasteiger partial charge in [-0.3, -0.25) is 19.2 Å². The lowest BCUT2D eigenvalue weighted by Gasteiger charge is -2.67. The summed E-state index contributed by atoms with van der Waals surface area (Å²) in [6.07, 6.45) is -9.98. The van der Waals surface area contributed by atoms with E-state index in [4.69, 9.17) is 18.9 Å². The van der Waals surface area contributed by atoms with Gasteiger partial charge in [0.05, 0.1) is 6.61 Å². The van der Waals surface area contributed by atoms with Crippen molar-refractivity contribution in [3.05, 3.63) is 0 Å². The van der Waals surface area contributed by atoms with Gasteiger partial charge in [-0.05, 0) is 30.6 Å². The van der Waals surface area contributed by atoms with Gasteiger partial charge in [-0.1, -0.05) is 27.7 Å². The van der Waals surface area contributed by atoms with E-state index in [0.29, 0.717) is 6.42 Å². The molecule has 0 aromatic carbocycles. The third-order valence-corrected chi connectivity index (χ3v) is 10.9. The van der Waals surface area contributed by atoms with Crippen LogP contribution >= 0.6 is 0 Å². The van der Waals surface area contributed by atoms with Crippen LogP contribution in [0.1, 0.15) is 53.9 Å². The molecule has 40 heavy (non-hydrogen) atoms. The smallest absolute Gasteiger partial charge is 0.306 e. The van der Waals surface area contributed by atoms with E-state index in [2.05, 4.69) is 0 Å². The molecule has 0 amide bonds. The number of carbonyl (C=O) groups is 4. The second-order valence-electron chi connectivity index (χ2n) is 12.9. The van der Waals surface area contributed by atoms with Crippen molar-refractivity contribution in [2.45, 2.75) is 103 Å². The minimum atomic E-state index is -1.69. The molecular weight excluding hydrogens is 528 g/mol. The first kappa shape index (κ1) is 29.5. The summed E-state index contributed by atoms with van der Waals surface area (Å²) in [6.45, 7) is 7.90. The molecule has 12 nitrogen and oxygen atoms in total. The fraction of sp³-hybridized carbons (Fsp3) is 0.857. The Kier molecular flexibility index (Phi) is 7.45. The molecule has 5 fully saturated rings. The molecule has 0 aromatic heterocycles. The largest absolute Gasteiger partial charge is 0.462 e. The number of aliphatic hydroxyl groups excluding tert-OH is 4. The summed E-state index contributed by atoms with van der Waals surface area (Å²) in [4.78, 5) is 53.2. The van der Waals surface area contributed by atoms with Crippen molar-refractivity contribution >= 4 is 23.5 Å². The number of hydrogen-bond donors (Lipinski definition) is 4. The average Bonchev–Trinajstić information content (AvgIpc) is 2.89. The molecule has 2 saturated heterocycles. The topological polar surface area (TPSA) is 186 Å². The number of Topliss-reactive ketones (excluding diaryl/α,β-unsaturated/α-hetero) is 2. The first-order valence-corrected chi connectivity index (χ1v) is 14.1. The van der Waals surface area contributed by atoms with Crippen LogP contribution in [0.15, 0.2) is 0 Å². The van der Waals surface area contributed by atoms with E-state index in [-0.39, 0.29) is 42.2 Å². The van der Waals surface area contributed by atoms with Gasteiger partial charge in [0, 0.05) is 36.0 Å². The summed E-state index contributed by atoms with van der Waals surface area (Å²) in [5, 5.41) is 40.5. The molecule has 5 aliphatic rings. The van der Waals surface area contributed by atoms with Gasteiger partial charge >= 0.3 is 11.9 Å². The van der Waals surface area contributed by atoms with Gasteiger partial charge in [-0.2, -0.15) is 0 Å². The summed E-state index contributed by atoms with van der Waals surface area (Å²) >= 11 is 0. The van der Waals surface area contributed by atoms with Crippen molar-refractivity contribution in [1.29, 1.82) is 0 Å². The molecule has 224 valence electrons. The number of esters is 2. The van der Waals surface area contributed by atoms with Crippen LogP contribution in [-0.2, 0) is 38.1 Å². The van der Waals surface area contributed by atoms with E-state index in [1.165, 1.54) is 6.92 Å². The summed E-state index contributed by atoms with van der Waals surface area (Å²) < 4.78 is 23.1. The molecule has 3 saturated carbocycles. The summed E-state index contributed by atoms with van der Waals surface area (Å²) in [5.41, 5.74) is -2.10. The van der Waals surface area contributed by atoms with Crippen molar-refractivity contribution in [2.24, 2.45) is 40.4 Å². The summed E-state index contributed by atoms with van der Waals surface area (Å²) in [6, 6.07) is 0. The Morgan fingerprint density at radius 1 is 1.02 bits per heavy atom. The quantitative estimate of drug-likeness (QED) is 0.252. The minimum absolute atomic E-state index is 0.0124. The summed E-state index contributed by atoms with van der Waals surface area (Å²) in [7, 11) is 0. The predicted octanol–water partition coefficient (Wildman–Crippen LogP) is -0.489. The fourth-order valence-corrected chi connectivity index (χ4v) is 8.91. The van der Waals surface area contributed by atoms with Crippen molar-refractivity contribution in [3.8, 4) is 0 Å². The number of rotatable bonds is 4.